The zero-order valence-corrected chi connectivity index (χ0v) is 14.6. The molecule has 0 aliphatic carbocycles. The van der Waals surface area contributed by atoms with Gasteiger partial charge >= 0.3 is 6.18 Å². The number of hydrogen-bond donors (Lipinski definition) is 3. The van der Waals surface area contributed by atoms with Crippen LogP contribution in [0.3, 0.4) is 0 Å². The van der Waals surface area contributed by atoms with Crippen LogP contribution in [-0.4, -0.2) is 26.1 Å². The number of benzene rings is 1. The Morgan fingerprint density at radius 3 is 2.79 bits per heavy atom. The molecule has 0 unspecified atom stereocenters. The van der Waals surface area contributed by atoms with Crippen LogP contribution in [0, 0.1) is 5.82 Å². The first kappa shape index (κ1) is 18.7. The Morgan fingerprint density at radius 2 is 2.00 bits per heavy atom. The predicted octanol–water partition coefficient (Wildman–Crippen LogP) is 4.04. The summed E-state index contributed by atoms with van der Waals surface area (Å²) in [7, 11) is 0. The number of pyridine rings is 1. The molecule has 3 N–H and O–H groups in total. The van der Waals surface area contributed by atoms with Crippen molar-refractivity contribution in [2.75, 3.05) is 0 Å². The highest BCUT2D eigenvalue weighted by Gasteiger charge is 2.34. The van der Waals surface area contributed by atoms with E-state index in [2.05, 4.69) is 25.5 Å². The monoisotopic (exact) mass is 403 g/mol. The Hall–Kier alpha value is -3.69. The maximum absolute atomic E-state index is 13.4. The van der Waals surface area contributed by atoms with Gasteiger partial charge < -0.3 is 10.3 Å². The van der Waals surface area contributed by atoms with Gasteiger partial charge in [0, 0.05) is 24.3 Å². The van der Waals surface area contributed by atoms with E-state index in [4.69, 9.17) is 0 Å². The molecule has 1 amide bonds. The van der Waals surface area contributed by atoms with Gasteiger partial charge in [0.05, 0.1) is 22.5 Å². The molecular weight excluding hydrogens is 390 g/mol. The van der Waals surface area contributed by atoms with Crippen molar-refractivity contribution in [3.05, 3.63) is 71.3 Å². The predicted molar refractivity (Wildman–Crippen MR) is 96.2 cm³/mol. The van der Waals surface area contributed by atoms with E-state index in [0.29, 0.717) is 23.1 Å². The second-order valence-corrected chi connectivity index (χ2v) is 6.27. The highest BCUT2D eigenvalue weighted by Crippen LogP contribution is 2.32. The molecule has 4 aromatic rings. The lowest BCUT2D eigenvalue weighted by atomic mass is 10.1. The zero-order valence-electron chi connectivity index (χ0n) is 14.6. The van der Waals surface area contributed by atoms with E-state index in [-0.39, 0.29) is 17.7 Å². The number of halogens is 4. The molecule has 0 spiro atoms. The fraction of sp³-hybridized carbons (Fsp3) is 0.105. The molecule has 29 heavy (non-hydrogen) atoms. The topological polar surface area (TPSA) is 86.5 Å². The average Bonchev–Trinajstić information content (AvgIpc) is 3.33. The van der Waals surface area contributed by atoms with Crippen LogP contribution in [0.4, 0.5) is 17.6 Å². The highest BCUT2D eigenvalue weighted by atomic mass is 19.4. The Kier molecular flexibility index (Phi) is 4.53. The van der Waals surface area contributed by atoms with E-state index < -0.39 is 23.5 Å². The second-order valence-electron chi connectivity index (χ2n) is 6.27. The summed E-state index contributed by atoms with van der Waals surface area (Å²) < 4.78 is 51.7. The van der Waals surface area contributed by atoms with Crippen molar-refractivity contribution in [3.8, 4) is 11.4 Å². The molecule has 0 fully saturated rings. The van der Waals surface area contributed by atoms with E-state index in [1.165, 1.54) is 12.3 Å². The maximum Gasteiger partial charge on any atom is 0.419 e. The van der Waals surface area contributed by atoms with Crippen LogP contribution in [-0.2, 0) is 12.7 Å². The zero-order chi connectivity index (χ0) is 20.6. The Morgan fingerprint density at radius 1 is 1.17 bits per heavy atom. The molecule has 0 bridgehead atoms. The van der Waals surface area contributed by atoms with Gasteiger partial charge in [-0.15, -0.1) is 0 Å². The SMILES string of the molecule is O=C(NCc1ccc(F)c(C(F)(F)F)c1)c1c[nH]c(-c2[nH]nc3ncccc23)c1. The quantitative estimate of drug-likeness (QED) is 0.450. The number of H-pyrrole nitrogens is 2. The molecule has 6 nitrogen and oxygen atoms in total. The molecule has 3 heterocycles. The number of hydrogen-bond acceptors (Lipinski definition) is 3. The molecule has 0 aliphatic heterocycles. The van der Waals surface area contributed by atoms with Gasteiger partial charge in [0.25, 0.3) is 5.91 Å². The van der Waals surface area contributed by atoms with Crippen LogP contribution < -0.4 is 5.32 Å². The summed E-state index contributed by atoms with van der Waals surface area (Å²) in [4.78, 5) is 19.4. The first-order valence-electron chi connectivity index (χ1n) is 8.44. The highest BCUT2D eigenvalue weighted by molar-refractivity contribution is 5.97. The standard InChI is InChI=1S/C19H13F4N5O/c20-14-4-3-10(6-13(14)19(21,22)23)8-26-18(29)11-7-15(25-9-11)16-12-2-1-5-24-17(12)28-27-16/h1-7,9,25H,8H2,(H,26,29)(H,24,27,28). The molecular formula is C19H13F4N5O. The van der Waals surface area contributed by atoms with Crippen molar-refractivity contribution in [2.45, 2.75) is 12.7 Å². The van der Waals surface area contributed by atoms with Gasteiger partial charge in [-0.1, -0.05) is 6.07 Å². The molecule has 0 atom stereocenters. The first-order valence-corrected chi connectivity index (χ1v) is 8.44. The van der Waals surface area contributed by atoms with E-state index in [1.54, 1.807) is 18.3 Å². The molecule has 0 saturated carbocycles. The molecule has 3 aromatic heterocycles. The van der Waals surface area contributed by atoms with Crippen molar-refractivity contribution in [1.29, 1.82) is 0 Å². The number of carbonyl (C=O) groups excluding carboxylic acids is 1. The third-order valence-corrected chi connectivity index (χ3v) is 4.33. The van der Waals surface area contributed by atoms with Gasteiger partial charge in [-0.25, -0.2) is 9.37 Å². The van der Waals surface area contributed by atoms with Crippen molar-refractivity contribution < 1.29 is 22.4 Å². The average molecular weight is 403 g/mol. The number of fused-ring (bicyclic) bond motifs is 1. The van der Waals surface area contributed by atoms with Crippen LogP contribution in [0.5, 0.6) is 0 Å². The number of nitrogens with one attached hydrogen (secondary N) is 3. The van der Waals surface area contributed by atoms with Gasteiger partial charge in [-0.2, -0.15) is 18.3 Å². The van der Waals surface area contributed by atoms with Crippen molar-refractivity contribution in [1.82, 2.24) is 25.5 Å². The Labute approximate surface area is 161 Å². The van der Waals surface area contributed by atoms with Gasteiger partial charge in [-0.05, 0) is 35.9 Å². The third-order valence-electron chi connectivity index (χ3n) is 4.33. The molecule has 1 aromatic carbocycles. The number of aromatic nitrogens is 4. The molecule has 10 heteroatoms. The van der Waals surface area contributed by atoms with Gasteiger partial charge in [-0.3, -0.25) is 9.89 Å². The van der Waals surface area contributed by atoms with Crippen molar-refractivity contribution in [3.63, 3.8) is 0 Å². The van der Waals surface area contributed by atoms with Crippen LogP contribution in [0.2, 0.25) is 0 Å². The largest absolute Gasteiger partial charge is 0.419 e. The number of nitrogens with zero attached hydrogens (tertiary/aromatic N) is 2. The van der Waals surface area contributed by atoms with Crippen molar-refractivity contribution in [2.24, 2.45) is 0 Å². The summed E-state index contributed by atoms with van der Waals surface area (Å²) in [5.41, 5.74) is 0.832. The van der Waals surface area contributed by atoms with Crippen LogP contribution >= 0.6 is 0 Å². The lowest BCUT2D eigenvalue weighted by molar-refractivity contribution is -0.140. The van der Waals surface area contributed by atoms with Gasteiger partial charge in [0.2, 0.25) is 0 Å². The second kappa shape index (κ2) is 7.04. The van der Waals surface area contributed by atoms with Gasteiger partial charge in [0.15, 0.2) is 5.65 Å². The van der Waals surface area contributed by atoms with Crippen LogP contribution in [0.1, 0.15) is 21.5 Å². The summed E-state index contributed by atoms with van der Waals surface area (Å²) in [5.74, 6) is -1.85. The number of alkyl halides is 3. The normalized spacial score (nSPS) is 11.7. The fourth-order valence-electron chi connectivity index (χ4n) is 2.91. The smallest absolute Gasteiger partial charge is 0.359 e. The minimum Gasteiger partial charge on any atom is -0.359 e. The van der Waals surface area contributed by atoms with E-state index >= 15 is 0 Å². The number of aromatic amines is 2. The van der Waals surface area contributed by atoms with Crippen LogP contribution in [0.15, 0.2) is 48.8 Å². The molecule has 0 radical (unpaired) electrons. The summed E-state index contributed by atoms with van der Waals surface area (Å²) in [5, 5.41) is 10.2. The molecule has 148 valence electrons. The first-order chi connectivity index (χ1) is 13.8. The molecule has 4 rings (SSSR count). The fourth-order valence-corrected chi connectivity index (χ4v) is 2.91. The number of carbonyl (C=O) groups is 1. The Balaban J connectivity index is 1.49. The molecule has 0 saturated heterocycles. The minimum atomic E-state index is -4.80. The summed E-state index contributed by atoms with van der Waals surface area (Å²) in [6.07, 6.45) is -1.72. The summed E-state index contributed by atoms with van der Waals surface area (Å²) in [6.45, 7) is -0.181. The molecule has 0 aliphatic rings. The third kappa shape index (κ3) is 3.68. The van der Waals surface area contributed by atoms with E-state index in [0.717, 1.165) is 11.5 Å². The summed E-state index contributed by atoms with van der Waals surface area (Å²) >= 11 is 0. The number of rotatable bonds is 4. The Bertz CT molecular complexity index is 1190. The lowest BCUT2D eigenvalue weighted by Gasteiger charge is -2.10. The van der Waals surface area contributed by atoms with E-state index in [9.17, 15) is 22.4 Å². The van der Waals surface area contributed by atoms with E-state index in [1.807, 2.05) is 6.07 Å². The maximum atomic E-state index is 13.4. The van der Waals surface area contributed by atoms with Crippen molar-refractivity contribution >= 4 is 16.9 Å². The minimum absolute atomic E-state index is 0.133. The van der Waals surface area contributed by atoms with Crippen LogP contribution in [0.25, 0.3) is 22.4 Å². The number of amides is 1. The lowest BCUT2D eigenvalue weighted by Crippen LogP contribution is -2.22. The summed E-state index contributed by atoms with van der Waals surface area (Å²) in [6, 6.07) is 7.78. The van der Waals surface area contributed by atoms with Gasteiger partial charge in [0.1, 0.15) is 5.82 Å².